The van der Waals surface area contributed by atoms with Crippen molar-refractivity contribution in [1.82, 2.24) is 0 Å². The zero-order valence-corrected chi connectivity index (χ0v) is 15.9. The number of hydrogen-bond donors (Lipinski definition) is 1. The van der Waals surface area contributed by atoms with Crippen LogP contribution in [0.5, 0.6) is 0 Å². The summed E-state index contributed by atoms with van der Waals surface area (Å²) < 4.78 is 5.95. The molecule has 1 fully saturated rings. The Labute approximate surface area is 155 Å². The van der Waals surface area contributed by atoms with E-state index in [0.29, 0.717) is 5.56 Å². The third kappa shape index (κ3) is 2.84. The number of fused-ring (bicyclic) bond motifs is 1. The fourth-order valence-electron chi connectivity index (χ4n) is 4.22. The third-order valence-corrected chi connectivity index (χ3v) is 6.18. The van der Waals surface area contributed by atoms with Gasteiger partial charge in [0, 0.05) is 0 Å². The molecule has 4 rings (SSSR count). The molecule has 1 saturated heterocycles. The minimum Gasteiger partial charge on any atom is -0.478 e. The summed E-state index contributed by atoms with van der Waals surface area (Å²) in [6.45, 7) is 9.34. The minimum absolute atomic E-state index is 0.0237. The predicted octanol–water partition coefficient (Wildman–Crippen LogP) is 5.55. The second-order valence-corrected chi connectivity index (χ2v) is 8.98. The summed E-state index contributed by atoms with van der Waals surface area (Å²) in [6.07, 6.45) is 2.50. The SMILES string of the molecule is CC1(C)CCC(C)(C)c2cc([C@@H]3O[C@H]3c3ccc(C(=O)O)cc3)ccc21. The van der Waals surface area contributed by atoms with E-state index in [9.17, 15) is 4.79 Å². The van der Waals surface area contributed by atoms with Crippen LogP contribution in [0.3, 0.4) is 0 Å². The van der Waals surface area contributed by atoms with Gasteiger partial charge in [-0.15, -0.1) is 0 Å². The van der Waals surface area contributed by atoms with Crippen molar-refractivity contribution in [2.24, 2.45) is 0 Å². The molecule has 136 valence electrons. The van der Waals surface area contributed by atoms with Crippen molar-refractivity contribution in [2.45, 2.75) is 63.6 Å². The van der Waals surface area contributed by atoms with Crippen LogP contribution in [0.2, 0.25) is 0 Å². The van der Waals surface area contributed by atoms with Gasteiger partial charge in [0.25, 0.3) is 0 Å². The van der Waals surface area contributed by atoms with E-state index in [1.54, 1.807) is 12.1 Å². The average Bonchev–Trinajstić information content (AvgIpc) is 3.40. The normalized spacial score (nSPS) is 25.4. The van der Waals surface area contributed by atoms with Gasteiger partial charge in [-0.2, -0.15) is 0 Å². The summed E-state index contributed by atoms with van der Waals surface area (Å²) in [6, 6.07) is 13.9. The van der Waals surface area contributed by atoms with Crippen LogP contribution < -0.4 is 0 Å². The standard InChI is InChI=1S/C23H26O3/c1-22(2)11-12-23(3,4)18-13-16(9-10-17(18)22)20-19(26-20)14-5-7-15(8-6-14)21(24)25/h5-10,13,19-20H,11-12H2,1-4H3,(H,24,25)/t19-,20-/m0/s1. The largest absolute Gasteiger partial charge is 0.478 e. The molecule has 1 aliphatic carbocycles. The lowest BCUT2D eigenvalue weighted by Gasteiger charge is -2.42. The molecule has 0 radical (unpaired) electrons. The summed E-state index contributed by atoms with van der Waals surface area (Å²) in [5.74, 6) is -0.899. The van der Waals surface area contributed by atoms with Crippen molar-refractivity contribution in [2.75, 3.05) is 0 Å². The maximum Gasteiger partial charge on any atom is 0.335 e. The van der Waals surface area contributed by atoms with E-state index in [1.165, 1.54) is 29.5 Å². The van der Waals surface area contributed by atoms with Gasteiger partial charge in [-0.1, -0.05) is 58.0 Å². The Morgan fingerprint density at radius 2 is 1.42 bits per heavy atom. The topological polar surface area (TPSA) is 49.8 Å². The summed E-state index contributed by atoms with van der Waals surface area (Å²) in [7, 11) is 0. The molecule has 0 aromatic heterocycles. The zero-order chi connectivity index (χ0) is 18.7. The van der Waals surface area contributed by atoms with Gasteiger partial charge >= 0.3 is 5.97 Å². The van der Waals surface area contributed by atoms with Gasteiger partial charge in [0.05, 0.1) is 5.56 Å². The van der Waals surface area contributed by atoms with E-state index in [4.69, 9.17) is 9.84 Å². The number of ether oxygens (including phenoxy) is 1. The van der Waals surface area contributed by atoms with Crippen molar-refractivity contribution in [3.63, 3.8) is 0 Å². The molecule has 2 aliphatic rings. The van der Waals surface area contributed by atoms with Gasteiger partial charge in [-0.25, -0.2) is 4.79 Å². The molecule has 0 spiro atoms. The molecule has 0 unspecified atom stereocenters. The molecule has 26 heavy (non-hydrogen) atoms. The molecule has 2 aromatic rings. The Balaban J connectivity index is 1.61. The maximum absolute atomic E-state index is 11.0. The van der Waals surface area contributed by atoms with E-state index in [2.05, 4.69) is 45.9 Å². The number of aromatic carboxylic acids is 1. The van der Waals surface area contributed by atoms with E-state index in [-0.39, 0.29) is 23.0 Å². The van der Waals surface area contributed by atoms with Gasteiger partial charge in [0.2, 0.25) is 0 Å². The van der Waals surface area contributed by atoms with Gasteiger partial charge < -0.3 is 9.84 Å². The number of rotatable bonds is 3. The fraction of sp³-hybridized carbons (Fsp3) is 0.435. The Bertz CT molecular complexity index is 862. The Kier molecular flexibility index (Phi) is 3.78. The summed E-state index contributed by atoms with van der Waals surface area (Å²) in [5.41, 5.74) is 5.89. The molecule has 1 N–H and O–H groups in total. The predicted molar refractivity (Wildman–Crippen MR) is 102 cm³/mol. The van der Waals surface area contributed by atoms with Crippen molar-refractivity contribution < 1.29 is 14.6 Å². The number of carboxylic acids is 1. The van der Waals surface area contributed by atoms with Gasteiger partial charge in [0.1, 0.15) is 12.2 Å². The highest BCUT2D eigenvalue weighted by molar-refractivity contribution is 5.87. The van der Waals surface area contributed by atoms with Crippen molar-refractivity contribution >= 4 is 5.97 Å². The van der Waals surface area contributed by atoms with Crippen LogP contribution in [-0.2, 0) is 15.6 Å². The molecular weight excluding hydrogens is 324 g/mol. The number of epoxide rings is 1. The minimum atomic E-state index is -0.899. The lowest BCUT2D eigenvalue weighted by atomic mass is 9.63. The summed E-state index contributed by atoms with van der Waals surface area (Å²) in [5, 5.41) is 9.03. The lowest BCUT2D eigenvalue weighted by Crippen LogP contribution is -2.33. The Hall–Kier alpha value is -2.13. The molecule has 3 nitrogen and oxygen atoms in total. The molecule has 1 aliphatic heterocycles. The number of carboxylic acid groups (broad SMARTS) is 1. The van der Waals surface area contributed by atoms with E-state index in [0.717, 1.165) is 5.56 Å². The Morgan fingerprint density at radius 3 is 2.04 bits per heavy atom. The number of carbonyl (C=O) groups is 1. The van der Waals surface area contributed by atoms with Crippen LogP contribution >= 0.6 is 0 Å². The number of hydrogen-bond acceptors (Lipinski definition) is 2. The molecule has 1 heterocycles. The first-order valence-corrected chi connectivity index (χ1v) is 9.33. The highest BCUT2D eigenvalue weighted by Crippen LogP contribution is 2.53. The van der Waals surface area contributed by atoms with Crippen LogP contribution in [0.1, 0.15) is 85.4 Å². The van der Waals surface area contributed by atoms with Crippen molar-refractivity contribution in [3.8, 4) is 0 Å². The van der Waals surface area contributed by atoms with Gasteiger partial charge in [-0.05, 0) is 58.1 Å². The highest BCUT2D eigenvalue weighted by Gasteiger charge is 2.43. The molecule has 3 heteroatoms. The summed E-state index contributed by atoms with van der Waals surface area (Å²) >= 11 is 0. The van der Waals surface area contributed by atoms with Crippen LogP contribution in [0.25, 0.3) is 0 Å². The van der Waals surface area contributed by atoms with Crippen LogP contribution in [-0.4, -0.2) is 11.1 Å². The zero-order valence-electron chi connectivity index (χ0n) is 15.9. The smallest absolute Gasteiger partial charge is 0.335 e. The number of benzene rings is 2. The Morgan fingerprint density at radius 1 is 0.885 bits per heavy atom. The van der Waals surface area contributed by atoms with Gasteiger partial charge in [-0.3, -0.25) is 0 Å². The molecule has 0 bridgehead atoms. The van der Waals surface area contributed by atoms with Gasteiger partial charge in [0.15, 0.2) is 0 Å². The van der Waals surface area contributed by atoms with Crippen LogP contribution in [0, 0.1) is 0 Å². The highest BCUT2D eigenvalue weighted by atomic mass is 16.6. The molecule has 2 atom stereocenters. The van der Waals surface area contributed by atoms with Crippen LogP contribution in [0.4, 0.5) is 0 Å². The molecular formula is C23H26O3. The van der Waals surface area contributed by atoms with Crippen LogP contribution in [0.15, 0.2) is 42.5 Å². The average molecular weight is 350 g/mol. The second kappa shape index (κ2) is 5.68. The van der Waals surface area contributed by atoms with E-state index < -0.39 is 5.97 Å². The second-order valence-electron chi connectivity index (χ2n) is 8.98. The first-order valence-electron chi connectivity index (χ1n) is 9.33. The maximum atomic E-state index is 11.0. The molecule has 0 amide bonds. The first kappa shape index (κ1) is 17.3. The fourth-order valence-corrected chi connectivity index (χ4v) is 4.22. The lowest BCUT2D eigenvalue weighted by molar-refractivity contribution is 0.0697. The first-order chi connectivity index (χ1) is 12.2. The molecule has 0 saturated carbocycles. The summed E-state index contributed by atoms with van der Waals surface area (Å²) in [4.78, 5) is 11.0. The van der Waals surface area contributed by atoms with E-state index >= 15 is 0 Å². The third-order valence-electron chi connectivity index (χ3n) is 6.18. The quantitative estimate of drug-likeness (QED) is 0.739. The molecule has 2 aromatic carbocycles. The van der Waals surface area contributed by atoms with E-state index in [1.807, 2.05) is 12.1 Å². The van der Waals surface area contributed by atoms with Crippen molar-refractivity contribution in [3.05, 3.63) is 70.3 Å². The monoisotopic (exact) mass is 350 g/mol. The van der Waals surface area contributed by atoms with Crippen molar-refractivity contribution in [1.29, 1.82) is 0 Å².